The predicted octanol–water partition coefficient (Wildman–Crippen LogP) is 1.35. The molecule has 274 valence electrons. The largest absolute Gasteiger partial charge is 0.455 e. The number of nitrogens with zero attached hydrogens (tertiary/aromatic N) is 5. The quantitative estimate of drug-likeness (QED) is 0.0657. The van der Waals surface area contributed by atoms with Crippen molar-refractivity contribution >= 4 is 56.4 Å². The lowest BCUT2D eigenvalue weighted by Gasteiger charge is -2.16. The Kier molecular flexibility index (Phi) is 16.7. The van der Waals surface area contributed by atoms with Crippen molar-refractivity contribution in [2.45, 2.75) is 24.5 Å². The summed E-state index contributed by atoms with van der Waals surface area (Å²) in [5.74, 6) is 1.01. The number of non-ortho nitro benzene ring substituents is 1. The van der Waals surface area contributed by atoms with E-state index >= 15 is 0 Å². The lowest BCUT2D eigenvalue weighted by Crippen LogP contribution is -2.38. The van der Waals surface area contributed by atoms with Crippen LogP contribution in [0.3, 0.4) is 0 Å². The van der Waals surface area contributed by atoms with Crippen LogP contribution in [0.2, 0.25) is 0 Å². The number of nitrogen functional groups attached to an aromatic ring is 1. The van der Waals surface area contributed by atoms with Gasteiger partial charge in [-0.15, -0.1) is 28.1 Å². The number of nitrogens with one attached hydrogen (secondary N) is 2. The fourth-order valence-electron chi connectivity index (χ4n) is 3.84. The molecular formula is C27H34Cl2N8O12S. The van der Waals surface area contributed by atoms with E-state index in [-0.39, 0.29) is 35.4 Å². The highest BCUT2D eigenvalue weighted by Gasteiger charge is 2.43. The average Bonchev–Trinajstić information content (AvgIpc) is 3.36. The van der Waals surface area contributed by atoms with Crippen molar-refractivity contribution < 1.29 is 42.9 Å². The Hall–Kier alpha value is -4.64. The second kappa shape index (κ2) is 20.1. The maximum atomic E-state index is 11.5. The molecule has 4 atom stereocenters. The van der Waals surface area contributed by atoms with E-state index in [9.17, 15) is 43.2 Å². The van der Waals surface area contributed by atoms with Gasteiger partial charge in [0.25, 0.3) is 5.69 Å². The van der Waals surface area contributed by atoms with E-state index in [0.29, 0.717) is 23.2 Å². The number of nitro benzene ring substituents is 1. The number of amides is 2. The van der Waals surface area contributed by atoms with Gasteiger partial charge in [-0.3, -0.25) is 19.4 Å². The zero-order valence-electron chi connectivity index (χ0n) is 26.1. The van der Waals surface area contributed by atoms with E-state index < -0.39 is 57.8 Å². The topological polar surface area (TPSA) is 291 Å². The predicted molar refractivity (Wildman–Crippen MR) is 181 cm³/mol. The summed E-state index contributed by atoms with van der Waals surface area (Å²) in [5, 5.41) is 44.5. The molecular weight excluding hydrogens is 731 g/mol. The number of sulfonamides is 1. The molecule has 50 heavy (non-hydrogen) atoms. The number of para-hydroxylation sites is 1. The molecule has 20 nitrogen and oxygen atoms in total. The van der Waals surface area contributed by atoms with E-state index in [1.807, 2.05) is 0 Å². The molecule has 1 aromatic heterocycles. The van der Waals surface area contributed by atoms with Crippen molar-refractivity contribution in [1.82, 2.24) is 19.9 Å². The van der Waals surface area contributed by atoms with Gasteiger partial charge in [-0.05, 0) is 24.3 Å². The van der Waals surface area contributed by atoms with Gasteiger partial charge in [0.15, 0.2) is 12.0 Å². The molecule has 7 N–H and O–H groups in total. The molecule has 4 rings (SSSR count). The standard InChI is InChI=1S/C13H12N2O5S.C9H13N3O5.C5H9Cl2N3O2/c1-21(18,19)14-12-8-7-10(15(16)17)9-13(12)20-11-5-3-2-4-6-11;10-5-1-2-12(9(16)11-5)8-7(15)6(14)4(3-13)17-8;6-1-3-8-5(11)10(9-12)4-2-7/h2-9,14H,1H3;1-2,4,6-8,13-15H,3H2,(H2,10,11,16);1-4H2,(H,8,11)/t;4-,6-,7+,8-;/m.1./s1. The van der Waals surface area contributed by atoms with E-state index in [0.717, 1.165) is 10.8 Å². The van der Waals surface area contributed by atoms with Crippen LogP contribution in [0.15, 0.2) is 70.9 Å². The fraction of sp³-hybridized carbons (Fsp3) is 0.370. The summed E-state index contributed by atoms with van der Waals surface area (Å²) in [7, 11) is -3.52. The number of rotatable bonds is 12. The van der Waals surface area contributed by atoms with Crippen molar-refractivity contribution in [2.75, 3.05) is 48.2 Å². The molecule has 0 aliphatic carbocycles. The lowest BCUT2D eigenvalue weighted by atomic mass is 10.1. The molecule has 0 unspecified atom stereocenters. The van der Waals surface area contributed by atoms with E-state index in [1.54, 1.807) is 30.3 Å². The Morgan fingerprint density at radius 2 is 1.86 bits per heavy atom. The maximum absolute atomic E-state index is 11.5. The summed E-state index contributed by atoms with van der Waals surface area (Å²) >= 11 is 10.6. The van der Waals surface area contributed by atoms with Crippen LogP contribution in [0.4, 0.5) is 22.0 Å². The summed E-state index contributed by atoms with van der Waals surface area (Å²) in [6, 6.07) is 13.0. The van der Waals surface area contributed by atoms with Crippen LogP contribution in [0, 0.1) is 15.0 Å². The van der Waals surface area contributed by atoms with Crippen molar-refractivity contribution in [3.63, 3.8) is 0 Å². The normalized spacial score (nSPS) is 18.0. The van der Waals surface area contributed by atoms with Crippen LogP contribution < -0.4 is 26.2 Å². The van der Waals surface area contributed by atoms with Gasteiger partial charge >= 0.3 is 11.7 Å². The molecule has 0 radical (unpaired) electrons. The number of aromatic nitrogens is 2. The van der Waals surface area contributed by atoms with Gasteiger partial charge in [0.1, 0.15) is 29.9 Å². The number of urea groups is 1. The minimum atomic E-state index is -3.52. The summed E-state index contributed by atoms with van der Waals surface area (Å²) in [5.41, 5.74) is 4.57. The van der Waals surface area contributed by atoms with Gasteiger partial charge in [-0.2, -0.15) is 9.99 Å². The molecule has 0 saturated carbocycles. The number of nitrogens with two attached hydrogens (primary N) is 1. The molecule has 1 saturated heterocycles. The van der Waals surface area contributed by atoms with E-state index in [4.69, 9.17) is 43.5 Å². The number of aliphatic hydroxyl groups excluding tert-OH is 3. The fourth-order valence-corrected chi connectivity index (χ4v) is 4.67. The Bertz CT molecular complexity index is 1740. The number of nitro groups is 1. The number of alkyl halides is 2. The first kappa shape index (κ1) is 41.5. The molecule has 2 aromatic carbocycles. The second-order valence-electron chi connectivity index (χ2n) is 9.81. The van der Waals surface area contributed by atoms with Gasteiger partial charge in [0.05, 0.1) is 41.4 Å². The SMILES string of the molecule is CS(=O)(=O)Nc1ccc([N+](=O)[O-])cc1Oc1ccccc1.Nc1ccn([C@@H]2O[C@H](CO)[C@@H](O)[C@@H]2O)c(=O)n1.O=NN(CCCl)C(=O)NCCCl. The summed E-state index contributed by atoms with van der Waals surface area (Å²) in [4.78, 5) is 46.2. The van der Waals surface area contributed by atoms with Crippen LogP contribution in [0.25, 0.3) is 0 Å². The van der Waals surface area contributed by atoms with Crippen LogP contribution in [0.1, 0.15) is 6.23 Å². The molecule has 0 spiro atoms. The molecule has 1 aliphatic heterocycles. The van der Waals surface area contributed by atoms with E-state index in [2.05, 4.69) is 20.3 Å². The Morgan fingerprint density at radius 3 is 2.38 bits per heavy atom. The smallest absolute Gasteiger partial charge is 0.351 e. The van der Waals surface area contributed by atoms with Crippen LogP contribution >= 0.6 is 23.2 Å². The third-order valence-electron chi connectivity index (χ3n) is 6.09. The molecule has 3 aromatic rings. The van der Waals surface area contributed by atoms with Crippen LogP contribution in [-0.2, 0) is 14.8 Å². The number of hydrogen-bond donors (Lipinski definition) is 6. The molecule has 2 heterocycles. The molecule has 0 bridgehead atoms. The number of nitroso groups, excluding NO2 is 1. The molecule has 1 aliphatic rings. The zero-order chi connectivity index (χ0) is 37.4. The Balaban J connectivity index is 0.000000271. The number of carbonyl (C=O) groups excluding carboxylic acids is 1. The maximum Gasteiger partial charge on any atom is 0.351 e. The minimum Gasteiger partial charge on any atom is -0.455 e. The van der Waals surface area contributed by atoms with Crippen molar-refractivity contribution in [3.05, 3.63) is 86.3 Å². The number of aliphatic hydroxyl groups is 3. The number of benzene rings is 2. The van der Waals surface area contributed by atoms with Crippen LogP contribution in [-0.4, -0.2) is 105 Å². The lowest BCUT2D eigenvalue weighted by molar-refractivity contribution is -0.384. The number of ether oxygens (including phenoxy) is 2. The van der Waals surface area contributed by atoms with E-state index in [1.165, 1.54) is 30.5 Å². The Morgan fingerprint density at radius 1 is 1.18 bits per heavy atom. The number of anilines is 2. The number of hydrogen-bond acceptors (Lipinski definition) is 15. The van der Waals surface area contributed by atoms with Gasteiger partial charge < -0.3 is 35.8 Å². The first-order chi connectivity index (χ1) is 23.6. The van der Waals surface area contributed by atoms with Crippen molar-refractivity contribution in [1.29, 1.82) is 0 Å². The third kappa shape index (κ3) is 13.0. The Labute approximate surface area is 294 Å². The number of halogens is 2. The second-order valence-corrected chi connectivity index (χ2v) is 12.3. The average molecular weight is 766 g/mol. The number of carbonyl (C=O) groups is 1. The molecule has 2 amide bonds. The highest BCUT2D eigenvalue weighted by molar-refractivity contribution is 7.92. The highest BCUT2D eigenvalue weighted by Crippen LogP contribution is 2.33. The van der Waals surface area contributed by atoms with Crippen LogP contribution in [0.5, 0.6) is 11.5 Å². The third-order valence-corrected chi connectivity index (χ3v) is 7.03. The zero-order valence-corrected chi connectivity index (χ0v) is 28.4. The van der Waals surface area contributed by atoms with Crippen molar-refractivity contribution in [3.8, 4) is 11.5 Å². The van der Waals surface area contributed by atoms with Gasteiger partial charge in [-0.25, -0.2) is 18.0 Å². The highest BCUT2D eigenvalue weighted by atomic mass is 35.5. The summed E-state index contributed by atoms with van der Waals surface area (Å²) in [6.45, 7) is -0.0558. The van der Waals surface area contributed by atoms with Gasteiger partial charge in [-0.1, -0.05) is 18.2 Å². The van der Waals surface area contributed by atoms with Gasteiger partial charge in [0, 0.05) is 30.6 Å². The summed E-state index contributed by atoms with van der Waals surface area (Å²) < 4.78 is 36.6. The monoisotopic (exact) mass is 764 g/mol. The first-order valence-electron chi connectivity index (χ1n) is 14.1. The molecule has 1 fully saturated rings. The van der Waals surface area contributed by atoms with Crippen molar-refractivity contribution in [2.24, 2.45) is 5.29 Å². The molecule has 23 heteroatoms. The van der Waals surface area contributed by atoms with Gasteiger partial charge in [0.2, 0.25) is 10.0 Å². The summed E-state index contributed by atoms with van der Waals surface area (Å²) in [6.07, 6.45) is -2.28. The minimum absolute atomic E-state index is 0.0537. The first-order valence-corrected chi connectivity index (χ1v) is 17.1.